The van der Waals surface area contributed by atoms with Crippen LogP contribution in [0.4, 0.5) is 4.39 Å². The monoisotopic (exact) mass is 240 g/mol. The summed E-state index contributed by atoms with van der Waals surface area (Å²) in [4.78, 5) is -0.704. The van der Waals surface area contributed by atoms with Crippen LogP contribution in [-0.2, 0) is 6.50 Å². The molecule has 0 amide bonds. The first-order chi connectivity index (χ1) is 14.7. The van der Waals surface area contributed by atoms with E-state index in [4.69, 9.17) is 24.7 Å². The van der Waals surface area contributed by atoms with Gasteiger partial charge >= 0.3 is 0 Å². The Hall–Kier alpha value is -0.930. The van der Waals surface area contributed by atoms with E-state index in [0.717, 1.165) is 0 Å². The van der Waals surface area contributed by atoms with Crippen molar-refractivity contribution in [3.63, 3.8) is 0 Å². The Morgan fingerprint density at radius 2 is 2.31 bits per heavy atom. The Bertz CT molecular complexity index is 944. The van der Waals surface area contributed by atoms with Crippen molar-refractivity contribution in [2.75, 3.05) is 20.0 Å². The maximum absolute atomic E-state index is 13.9. The molecule has 0 bridgehead atoms. The molecule has 0 spiro atoms. The average Bonchev–Trinajstić information content (AvgIpc) is 2.61. The normalized spacial score (nSPS) is 51.6. The summed E-state index contributed by atoms with van der Waals surface area (Å²) in [5, 5.41) is 1.44. The van der Waals surface area contributed by atoms with Crippen LogP contribution in [0.1, 0.15) is 43.0 Å². The fourth-order valence-corrected chi connectivity index (χ4v) is 0.830. The molecule has 16 heavy (non-hydrogen) atoms. The first-order valence-electron chi connectivity index (χ1n) is 13.1. The van der Waals surface area contributed by atoms with Crippen LogP contribution in [-0.4, -0.2) is 30.9 Å². The topological polar surface area (TPSA) is 15.3 Å². The fraction of sp³-hybridized carbons (Fsp3) is 0.538. The predicted molar refractivity (Wildman–Crippen MR) is 63.8 cm³/mol. The molecule has 0 aromatic heterocycles. The molecule has 1 aromatic carbocycles. The van der Waals surface area contributed by atoms with Gasteiger partial charge in [-0.2, -0.15) is 0 Å². The molecule has 1 aromatic rings. The Kier molecular flexibility index (Phi) is 0.870. The summed E-state index contributed by atoms with van der Waals surface area (Å²) in [5.74, 6) is -1.65. The third-order valence-corrected chi connectivity index (χ3v) is 1.49. The molecule has 0 atom stereocenters. The Balaban J connectivity index is 2.86. The summed E-state index contributed by atoms with van der Waals surface area (Å²) >= 11 is 0. The lowest BCUT2D eigenvalue weighted by atomic mass is 10.1. The number of nitrogens with zero attached hydrogens (tertiary/aromatic N) is 1. The highest BCUT2D eigenvalue weighted by atomic mass is 19.1. The number of nitrogens with one attached hydrogen (secondary N) is 1. The SMILES string of the molecule is [2H]c1c([2H])c(C([2H])([2H])NC2([2H])C([2H])([2H])C([2H])([2H])N(C([2H])([2H])[2H])C([2H])([2H])C2([2H])[2H])c([2H])c([2H])c1F. The molecule has 2 nitrogen and oxygen atoms in total. The van der Waals surface area contributed by atoms with Crippen LogP contribution in [0.15, 0.2) is 24.2 Å². The van der Waals surface area contributed by atoms with Crippen LogP contribution in [0.3, 0.4) is 0 Å². The molecule has 0 saturated carbocycles. The lowest BCUT2D eigenvalue weighted by Crippen LogP contribution is -2.40. The van der Waals surface area contributed by atoms with Crippen LogP contribution < -0.4 is 5.32 Å². The van der Waals surface area contributed by atoms with E-state index in [1.165, 1.54) is 5.32 Å². The average molecular weight is 240 g/mol. The second-order valence-electron chi connectivity index (χ2n) is 2.62. The number of hydrogen-bond donors (Lipinski definition) is 1. The molecular formula is C13H19FN2. The van der Waals surface area contributed by atoms with Crippen LogP contribution in [0.2, 0.25) is 0 Å². The number of rotatable bonds is 3. The van der Waals surface area contributed by atoms with Gasteiger partial charge in [-0.1, -0.05) is 12.1 Å². The fourth-order valence-electron chi connectivity index (χ4n) is 0.830. The van der Waals surface area contributed by atoms with E-state index in [0.29, 0.717) is 0 Å². The molecular weight excluding hydrogens is 203 g/mol. The number of piperidine rings is 1. The minimum Gasteiger partial charge on any atom is -0.310 e. The lowest BCUT2D eigenvalue weighted by Gasteiger charge is -2.29. The van der Waals surface area contributed by atoms with Gasteiger partial charge in [0.15, 0.2) is 0 Å². The van der Waals surface area contributed by atoms with Crippen LogP contribution in [0.5, 0.6) is 0 Å². The lowest BCUT2D eigenvalue weighted by molar-refractivity contribution is 0.234. The molecule has 0 radical (unpaired) electrons. The van der Waals surface area contributed by atoms with E-state index in [1.54, 1.807) is 0 Å². The first kappa shape index (κ1) is 2.57. The van der Waals surface area contributed by atoms with Gasteiger partial charge in [-0.15, -0.1) is 0 Å². The maximum atomic E-state index is 13.9. The number of likely N-dealkylation sites (tertiary alicyclic amines) is 1. The van der Waals surface area contributed by atoms with Crippen molar-refractivity contribution in [2.24, 2.45) is 0 Å². The molecule has 2 rings (SSSR count). The van der Waals surface area contributed by atoms with Crippen molar-refractivity contribution in [3.05, 3.63) is 35.6 Å². The van der Waals surface area contributed by atoms with E-state index in [-0.39, 0.29) is 0 Å². The summed E-state index contributed by atoms with van der Waals surface area (Å²) in [6.45, 7) is -15.3. The highest BCUT2D eigenvalue weighted by Crippen LogP contribution is 2.09. The molecule has 1 fully saturated rings. The Morgan fingerprint density at radius 3 is 2.94 bits per heavy atom. The summed E-state index contributed by atoms with van der Waals surface area (Å²) in [6, 6.07) is -9.29. The molecule has 3 heteroatoms. The van der Waals surface area contributed by atoms with Crippen molar-refractivity contribution in [3.8, 4) is 0 Å². The highest BCUT2D eigenvalue weighted by Gasteiger charge is 2.15. The summed E-state index contributed by atoms with van der Waals surface area (Å²) in [5.41, 5.74) is -1.29. The standard InChI is InChI=1S/C13H19FN2/c1-16-8-6-13(7-9-16)15-10-11-2-4-12(14)5-3-11/h2-5,13,15H,6-10H2,1H3/i1D3,2D,3D,4D,5D,6D2,7D2,8D2,9D2,10D2,13D. The zero-order valence-corrected chi connectivity index (χ0v) is 7.83. The van der Waals surface area contributed by atoms with E-state index in [1.807, 2.05) is 0 Å². The van der Waals surface area contributed by atoms with Crippen molar-refractivity contribution in [1.82, 2.24) is 10.2 Å². The molecule has 1 aliphatic rings. The molecule has 88 valence electrons. The Morgan fingerprint density at radius 1 is 1.62 bits per heavy atom. The smallest absolute Gasteiger partial charge is 0.123 e. The molecule has 1 saturated heterocycles. The van der Waals surface area contributed by atoms with Gasteiger partial charge in [0.2, 0.25) is 0 Å². The third-order valence-electron chi connectivity index (χ3n) is 1.49. The van der Waals surface area contributed by atoms with Gasteiger partial charge in [0.05, 0.1) is 5.48 Å². The third kappa shape index (κ3) is 3.29. The second-order valence-corrected chi connectivity index (χ2v) is 2.62. The predicted octanol–water partition coefficient (Wildman–Crippen LogP) is 2.01. The zero-order chi connectivity index (χ0) is 27.2. The number of hydrogen-bond acceptors (Lipinski definition) is 2. The van der Waals surface area contributed by atoms with E-state index < -0.39 is 85.7 Å². The number of halogens is 1. The highest BCUT2D eigenvalue weighted by molar-refractivity contribution is 5.15. The van der Waals surface area contributed by atoms with E-state index in [2.05, 4.69) is 0 Å². The van der Waals surface area contributed by atoms with Gasteiger partial charge in [-0.25, -0.2) is 4.39 Å². The number of benzene rings is 1. The molecule has 1 N–H and O–H groups in total. The summed E-state index contributed by atoms with van der Waals surface area (Å²) < 4.78 is 156. The molecule has 1 heterocycles. The van der Waals surface area contributed by atoms with E-state index >= 15 is 0 Å². The first-order valence-corrected chi connectivity index (χ1v) is 4.11. The molecule has 0 aliphatic carbocycles. The second kappa shape index (κ2) is 5.41. The van der Waals surface area contributed by atoms with Crippen LogP contribution >= 0.6 is 0 Å². The van der Waals surface area contributed by atoms with Gasteiger partial charge in [-0.3, -0.25) is 0 Å². The molecule has 0 unspecified atom stereocenters. The quantitative estimate of drug-likeness (QED) is 0.869. The van der Waals surface area contributed by atoms with Crippen LogP contribution in [0.25, 0.3) is 0 Å². The maximum Gasteiger partial charge on any atom is 0.123 e. The van der Waals surface area contributed by atoms with Gasteiger partial charge in [-0.05, 0) is 50.4 Å². The largest absolute Gasteiger partial charge is 0.310 e. The van der Waals surface area contributed by atoms with Crippen molar-refractivity contribution >= 4 is 0 Å². The molecule has 1 aliphatic heterocycles. The van der Waals surface area contributed by atoms with Crippen molar-refractivity contribution < 1.29 is 29.1 Å². The van der Waals surface area contributed by atoms with Gasteiger partial charge in [0.25, 0.3) is 0 Å². The minimum atomic E-state index is -4.03. The Labute approximate surface area is 122 Å². The van der Waals surface area contributed by atoms with E-state index in [9.17, 15) is 4.39 Å². The van der Waals surface area contributed by atoms with Crippen molar-refractivity contribution in [2.45, 2.75) is 25.3 Å². The van der Waals surface area contributed by atoms with Crippen molar-refractivity contribution in [1.29, 1.82) is 0 Å². The zero-order valence-electron chi connectivity index (χ0n) is 25.8. The minimum absolute atomic E-state index is 0.704. The van der Waals surface area contributed by atoms with Gasteiger partial charge < -0.3 is 10.2 Å². The van der Waals surface area contributed by atoms with Gasteiger partial charge in [0, 0.05) is 31.7 Å². The van der Waals surface area contributed by atoms with Gasteiger partial charge in [0.1, 0.15) is 5.82 Å². The van der Waals surface area contributed by atoms with Crippen LogP contribution in [0, 0.1) is 5.82 Å². The summed E-state index contributed by atoms with van der Waals surface area (Å²) in [7, 11) is 0. The summed E-state index contributed by atoms with van der Waals surface area (Å²) in [6.07, 6.45) is -8.07.